The van der Waals surface area contributed by atoms with Crippen LogP contribution in [0.15, 0.2) is 11.0 Å². The predicted molar refractivity (Wildman–Crippen MR) is 101 cm³/mol. The van der Waals surface area contributed by atoms with Crippen LogP contribution in [-0.4, -0.2) is 41.1 Å². The molecule has 4 atom stereocenters. The molecule has 1 aliphatic heterocycles. The number of halogens is 1. The average Bonchev–Trinajstić information content (AvgIpc) is 2.94. The molecule has 7 nitrogen and oxygen atoms in total. The molecule has 0 aliphatic carbocycles. The van der Waals surface area contributed by atoms with Crippen LogP contribution in [0.5, 0.6) is 0 Å². The van der Waals surface area contributed by atoms with Crippen molar-refractivity contribution in [3.05, 3.63) is 22.5 Å². The molecular weight excluding hydrogens is 353 g/mol. The fourth-order valence-corrected chi connectivity index (χ4v) is 3.22. The SMILES string of the molecule is CCCCCOC1C(OCCCCC)[C@@H](C)O[C@H]1n1cc(F)c(N)nc1=O. The quantitative estimate of drug-likeness (QED) is 0.589. The highest BCUT2D eigenvalue weighted by atomic mass is 19.1. The fraction of sp³-hybridized carbons (Fsp3) is 0.789. The van der Waals surface area contributed by atoms with Crippen LogP contribution >= 0.6 is 0 Å². The lowest BCUT2D eigenvalue weighted by Crippen LogP contribution is -2.39. The predicted octanol–water partition coefficient (Wildman–Crippen LogP) is 3.03. The summed E-state index contributed by atoms with van der Waals surface area (Å²) >= 11 is 0. The van der Waals surface area contributed by atoms with E-state index in [1.54, 1.807) is 0 Å². The molecule has 1 aliphatic rings. The van der Waals surface area contributed by atoms with E-state index >= 15 is 0 Å². The number of aromatic nitrogens is 2. The van der Waals surface area contributed by atoms with Gasteiger partial charge in [-0.2, -0.15) is 4.98 Å². The van der Waals surface area contributed by atoms with Gasteiger partial charge in [0.2, 0.25) is 0 Å². The van der Waals surface area contributed by atoms with Crippen molar-refractivity contribution in [2.45, 2.75) is 83.8 Å². The van der Waals surface area contributed by atoms with Gasteiger partial charge in [0.1, 0.15) is 12.2 Å². The first-order valence-electron chi connectivity index (χ1n) is 9.92. The van der Waals surface area contributed by atoms with Crippen LogP contribution in [0, 0.1) is 5.82 Å². The molecule has 2 unspecified atom stereocenters. The molecule has 1 fully saturated rings. The van der Waals surface area contributed by atoms with Crippen LogP contribution in [0.25, 0.3) is 0 Å². The molecule has 1 saturated heterocycles. The van der Waals surface area contributed by atoms with Crippen molar-refractivity contribution >= 4 is 5.82 Å². The molecule has 2 N–H and O–H groups in total. The third-order valence-corrected chi connectivity index (χ3v) is 4.75. The second kappa shape index (κ2) is 10.7. The monoisotopic (exact) mass is 385 g/mol. The summed E-state index contributed by atoms with van der Waals surface area (Å²) in [5.74, 6) is -1.18. The molecule has 1 aromatic heterocycles. The standard InChI is InChI=1S/C19H32FN3O4/c1-4-6-8-10-25-15-13(3)27-18(16(15)26-11-9-7-5-2)23-12-14(20)17(21)22-19(23)24/h12-13,15-16,18H,4-11H2,1-3H3,(H2,21,22,24)/t13-,15?,16?,18-/m1/s1. The number of anilines is 1. The zero-order chi connectivity index (χ0) is 19.8. The first-order valence-corrected chi connectivity index (χ1v) is 9.92. The third kappa shape index (κ3) is 5.73. The number of hydrogen-bond acceptors (Lipinski definition) is 6. The van der Waals surface area contributed by atoms with Gasteiger partial charge in [-0.3, -0.25) is 4.57 Å². The lowest BCUT2D eigenvalue weighted by Gasteiger charge is -2.25. The smallest absolute Gasteiger partial charge is 0.351 e. The van der Waals surface area contributed by atoms with Gasteiger partial charge >= 0.3 is 5.69 Å². The van der Waals surface area contributed by atoms with Crippen molar-refractivity contribution < 1.29 is 18.6 Å². The molecule has 8 heteroatoms. The maximum Gasteiger partial charge on any atom is 0.351 e. The lowest BCUT2D eigenvalue weighted by molar-refractivity contribution is -0.0822. The van der Waals surface area contributed by atoms with Crippen molar-refractivity contribution in [3.8, 4) is 0 Å². The summed E-state index contributed by atoms with van der Waals surface area (Å²) in [4.78, 5) is 15.8. The lowest BCUT2D eigenvalue weighted by atomic mass is 10.1. The molecule has 154 valence electrons. The Balaban J connectivity index is 2.18. The van der Waals surface area contributed by atoms with Gasteiger partial charge in [0.25, 0.3) is 0 Å². The Kier molecular flexibility index (Phi) is 8.66. The van der Waals surface area contributed by atoms with E-state index in [1.165, 1.54) is 0 Å². The zero-order valence-electron chi connectivity index (χ0n) is 16.5. The van der Waals surface area contributed by atoms with Gasteiger partial charge in [-0.1, -0.05) is 39.5 Å². The van der Waals surface area contributed by atoms with E-state index in [9.17, 15) is 9.18 Å². The molecule has 0 aromatic carbocycles. The van der Waals surface area contributed by atoms with E-state index in [1.807, 2.05) is 6.92 Å². The van der Waals surface area contributed by atoms with Gasteiger partial charge in [-0.25, -0.2) is 9.18 Å². The largest absolute Gasteiger partial charge is 0.381 e. The molecule has 0 saturated carbocycles. The highest BCUT2D eigenvalue weighted by molar-refractivity contribution is 5.26. The van der Waals surface area contributed by atoms with Gasteiger partial charge in [-0.05, 0) is 19.8 Å². The Morgan fingerprint density at radius 1 is 1.15 bits per heavy atom. The average molecular weight is 385 g/mol. The minimum atomic E-state index is -0.798. The summed E-state index contributed by atoms with van der Waals surface area (Å²) in [6.07, 6.45) is 5.26. The number of nitrogen functional groups attached to an aromatic ring is 1. The van der Waals surface area contributed by atoms with Crippen molar-refractivity contribution in [1.29, 1.82) is 0 Å². The number of rotatable bonds is 11. The van der Waals surface area contributed by atoms with E-state index in [-0.39, 0.29) is 12.2 Å². The van der Waals surface area contributed by atoms with Crippen LogP contribution in [-0.2, 0) is 14.2 Å². The first-order chi connectivity index (χ1) is 13.0. The van der Waals surface area contributed by atoms with Crippen LogP contribution in [0.2, 0.25) is 0 Å². The number of ether oxygens (including phenoxy) is 3. The van der Waals surface area contributed by atoms with Gasteiger partial charge in [0.05, 0.1) is 12.3 Å². The Hall–Kier alpha value is -1.51. The number of unbranched alkanes of at least 4 members (excludes halogenated alkanes) is 4. The van der Waals surface area contributed by atoms with Crippen molar-refractivity contribution in [2.75, 3.05) is 18.9 Å². The molecule has 0 spiro atoms. The summed E-state index contributed by atoms with van der Waals surface area (Å²) in [7, 11) is 0. The number of nitrogens with zero attached hydrogens (tertiary/aromatic N) is 2. The molecule has 2 rings (SSSR count). The zero-order valence-corrected chi connectivity index (χ0v) is 16.5. The summed E-state index contributed by atoms with van der Waals surface area (Å²) in [5, 5.41) is 0. The van der Waals surface area contributed by atoms with E-state index in [2.05, 4.69) is 18.8 Å². The van der Waals surface area contributed by atoms with E-state index < -0.39 is 29.7 Å². The molecule has 2 heterocycles. The molecule has 0 radical (unpaired) electrons. The molecule has 0 amide bonds. The number of hydrogen-bond donors (Lipinski definition) is 1. The van der Waals surface area contributed by atoms with E-state index in [0.29, 0.717) is 13.2 Å². The van der Waals surface area contributed by atoms with Crippen molar-refractivity contribution in [2.24, 2.45) is 0 Å². The van der Waals surface area contributed by atoms with Crippen LogP contribution in [0.4, 0.5) is 10.2 Å². The Bertz CT molecular complexity index is 640. The van der Waals surface area contributed by atoms with Gasteiger partial charge in [0.15, 0.2) is 17.9 Å². The minimum absolute atomic E-state index is 0.291. The molecule has 1 aromatic rings. The van der Waals surface area contributed by atoms with Crippen LogP contribution in [0.3, 0.4) is 0 Å². The minimum Gasteiger partial charge on any atom is -0.381 e. The molecule has 0 bridgehead atoms. The summed E-state index contributed by atoms with van der Waals surface area (Å²) in [6, 6.07) is 0. The highest BCUT2D eigenvalue weighted by Crippen LogP contribution is 2.33. The maximum absolute atomic E-state index is 13.9. The normalized spacial score (nSPS) is 25.2. The Morgan fingerprint density at radius 3 is 2.33 bits per heavy atom. The summed E-state index contributed by atoms with van der Waals surface area (Å²) in [6.45, 7) is 7.24. The second-order valence-corrected chi connectivity index (χ2v) is 6.98. The summed E-state index contributed by atoms with van der Waals surface area (Å²) < 4.78 is 33.0. The van der Waals surface area contributed by atoms with Crippen LogP contribution < -0.4 is 11.4 Å². The van der Waals surface area contributed by atoms with E-state index in [0.717, 1.165) is 49.3 Å². The maximum atomic E-state index is 13.9. The molecule has 27 heavy (non-hydrogen) atoms. The topological polar surface area (TPSA) is 88.6 Å². The summed E-state index contributed by atoms with van der Waals surface area (Å²) in [5.41, 5.74) is 4.72. The van der Waals surface area contributed by atoms with Crippen molar-refractivity contribution in [3.63, 3.8) is 0 Å². The second-order valence-electron chi connectivity index (χ2n) is 6.98. The van der Waals surface area contributed by atoms with Crippen LogP contribution in [0.1, 0.15) is 65.5 Å². The Morgan fingerprint density at radius 2 is 1.74 bits per heavy atom. The van der Waals surface area contributed by atoms with Gasteiger partial charge in [-0.15, -0.1) is 0 Å². The van der Waals surface area contributed by atoms with Gasteiger partial charge in [0, 0.05) is 13.2 Å². The van der Waals surface area contributed by atoms with Gasteiger partial charge < -0.3 is 19.9 Å². The number of nitrogens with two attached hydrogens (primary N) is 1. The highest BCUT2D eigenvalue weighted by Gasteiger charge is 2.45. The first kappa shape index (κ1) is 21.8. The third-order valence-electron chi connectivity index (χ3n) is 4.75. The van der Waals surface area contributed by atoms with Crippen molar-refractivity contribution in [1.82, 2.24) is 9.55 Å². The molecular formula is C19H32FN3O4. The Labute approximate surface area is 160 Å². The van der Waals surface area contributed by atoms with E-state index in [4.69, 9.17) is 19.9 Å². The fourth-order valence-electron chi connectivity index (χ4n) is 3.22.